The second kappa shape index (κ2) is 9.03. The van der Waals surface area contributed by atoms with E-state index in [1.807, 2.05) is 28.0 Å². The quantitative estimate of drug-likeness (QED) is 0.781. The summed E-state index contributed by atoms with van der Waals surface area (Å²) in [6, 6.07) is 5.74. The average Bonchev–Trinajstić information content (AvgIpc) is 3.24. The number of likely N-dealkylation sites (tertiary alicyclic amines) is 1. The topological polar surface area (TPSA) is 56.8 Å². The number of pyridine rings is 1. The van der Waals surface area contributed by atoms with E-state index in [4.69, 9.17) is 0 Å². The zero-order chi connectivity index (χ0) is 19.3. The molecule has 6 nitrogen and oxygen atoms in total. The molecule has 0 radical (unpaired) electrons. The fourth-order valence-electron chi connectivity index (χ4n) is 4.92. The molecule has 152 valence electrons. The van der Waals surface area contributed by atoms with Crippen molar-refractivity contribution in [1.82, 2.24) is 19.7 Å². The molecule has 0 spiro atoms. The Balaban J connectivity index is 1.27. The molecule has 1 saturated carbocycles. The van der Waals surface area contributed by atoms with Crippen LogP contribution in [0.25, 0.3) is 0 Å². The number of aromatic nitrogens is 1. The minimum Gasteiger partial charge on any atom is -0.340 e. The van der Waals surface area contributed by atoms with E-state index in [1.165, 1.54) is 32.2 Å². The predicted octanol–water partition coefficient (Wildman–Crippen LogP) is 2.15. The lowest BCUT2D eigenvalue weighted by Crippen LogP contribution is -2.53. The summed E-state index contributed by atoms with van der Waals surface area (Å²) in [6.45, 7) is 5.87. The van der Waals surface area contributed by atoms with Crippen LogP contribution in [0.3, 0.4) is 0 Å². The normalized spacial score (nSPS) is 24.7. The third kappa shape index (κ3) is 4.72. The molecule has 1 atom stereocenters. The largest absolute Gasteiger partial charge is 0.340 e. The lowest BCUT2D eigenvalue weighted by Gasteiger charge is -2.39. The van der Waals surface area contributed by atoms with Gasteiger partial charge in [0.25, 0.3) is 0 Å². The van der Waals surface area contributed by atoms with Crippen LogP contribution in [-0.2, 0) is 16.1 Å². The van der Waals surface area contributed by atoms with Crippen LogP contribution in [0, 0.1) is 11.8 Å². The van der Waals surface area contributed by atoms with E-state index in [1.54, 1.807) is 6.20 Å². The smallest absolute Gasteiger partial charge is 0.227 e. The van der Waals surface area contributed by atoms with Gasteiger partial charge < -0.3 is 9.80 Å². The molecule has 0 bridgehead atoms. The van der Waals surface area contributed by atoms with Crippen LogP contribution in [0.1, 0.15) is 44.2 Å². The van der Waals surface area contributed by atoms with E-state index in [9.17, 15) is 9.59 Å². The van der Waals surface area contributed by atoms with Gasteiger partial charge in [0.2, 0.25) is 11.8 Å². The predicted molar refractivity (Wildman–Crippen MR) is 107 cm³/mol. The summed E-state index contributed by atoms with van der Waals surface area (Å²) in [5.74, 6) is 1.17. The third-order valence-corrected chi connectivity index (χ3v) is 6.60. The Morgan fingerprint density at radius 2 is 1.86 bits per heavy atom. The maximum absolute atomic E-state index is 13.1. The second-order valence-corrected chi connectivity index (χ2v) is 8.61. The van der Waals surface area contributed by atoms with E-state index in [2.05, 4.69) is 9.88 Å². The van der Waals surface area contributed by atoms with E-state index < -0.39 is 0 Å². The first-order valence-electron chi connectivity index (χ1n) is 10.9. The van der Waals surface area contributed by atoms with Gasteiger partial charge in [0.15, 0.2) is 0 Å². The Bertz CT molecular complexity index is 666. The van der Waals surface area contributed by atoms with Crippen LogP contribution in [0.2, 0.25) is 0 Å². The van der Waals surface area contributed by atoms with Gasteiger partial charge in [-0.1, -0.05) is 18.9 Å². The van der Waals surface area contributed by atoms with Crippen LogP contribution in [0.5, 0.6) is 0 Å². The number of piperazine rings is 1. The van der Waals surface area contributed by atoms with Crippen LogP contribution < -0.4 is 0 Å². The number of carbonyl (C=O) groups is 2. The highest BCUT2D eigenvalue weighted by molar-refractivity contribution is 5.84. The Kier molecular flexibility index (Phi) is 6.25. The van der Waals surface area contributed by atoms with Gasteiger partial charge in [-0.2, -0.15) is 0 Å². The zero-order valence-corrected chi connectivity index (χ0v) is 16.8. The summed E-state index contributed by atoms with van der Waals surface area (Å²) in [7, 11) is 0. The first-order chi connectivity index (χ1) is 13.7. The van der Waals surface area contributed by atoms with Gasteiger partial charge >= 0.3 is 0 Å². The maximum Gasteiger partial charge on any atom is 0.227 e. The summed E-state index contributed by atoms with van der Waals surface area (Å²) >= 11 is 0. The Morgan fingerprint density at radius 3 is 2.57 bits per heavy atom. The lowest BCUT2D eigenvalue weighted by molar-refractivity contribution is -0.144. The molecule has 0 N–H and O–H groups in total. The van der Waals surface area contributed by atoms with Crippen molar-refractivity contribution in [3.05, 3.63) is 30.1 Å². The van der Waals surface area contributed by atoms with Crippen molar-refractivity contribution < 1.29 is 9.59 Å². The van der Waals surface area contributed by atoms with Gasteiger partial charge in [-0.15, -0.1) is 0 Å². The van der Waals surface area contributed by atoms with Crippen LogP contribution in [-0.4, -0.2) is 70.8 Å². The van der Waals surface area contributed by atoms with Crippen molar-refractivity contribution in [3.8, 4) is 0 Å². The van der Waals surface area contributed by atoms with Gasteiger partial charge in [0.05, 0.1) is 18.2 Å². The Labute approximate surface area is 167 Å². The van der Waals surface area contributed by atoms with Gasteiger partial charge in [0.1, 0.15) is 0 Å². The fourth-order valence-corrected chi connectivity index (χ4v) is 4.92. The maximum atomic E-state index is 13.1. The van der Waals surface area contributed by atoms with Crippen molar-refractivity contribution >= 4 is 11.8 Å². The SMILES string of the molecule is O=C1CC[C@@H](C(=O)N2CCN(CC3CCCC3)CC2)CN1Cc1ccccn1. The van der Waals surface area contributed by atoms with Crippen molar-refractivity contribution in [2.75, 3.05) is 39.3 Å². The van der Waals surface area contributed by atoms with Gasteiger partial charge in [-0.3, -0.25) is 19.5 Å². The lowest BCUT2D eigenvalue weighted by atomic mass is 9.95. The van der Waals surface area contributed by atoms with E-state index in [0.717, 1.165) is 37.8 Å². The second-order valence-electron chi connectivity index (χ2n) is 8.61. The summed E-state index contributed by atoms with van der Waals surface area (Å²) in [4.78, 5) is 36.1. The molecule has 4 rings (SSSR count). The molecular weight excluding hydrogens is 352 g/mol. The summed E-state index contributed by atoms with van der Waals surface area (Å²) in [6.07, 6.45) is 8.42. The van der Waals surface area contributed by atoms with E-state index in [0.29, 0.717) is 25.9 Å². The molecule has 2 amide bonds. The number of piperidine rings is 1. The first kappa shape index (κ1) is 19.4. The highest BCUT2D eigenvalue weighted by Gasteiger charge is 2.34. The zero-order valence-electron chi connectivity index (χ0n) is 16.8. The molecule has 1 aromatic heterocycles. The summed E-state index contributed by atoms with van der Waals surface area (Å²) in [5.41, 5.74) is 0.879. The highest BCUT2D eigenvalue weighted by Crippen LogP contribution is 2.26. The number of nitrogens with zero attached hydrogens (tertiary/aromatic N) is 4. The van der Waals surface area contributed by atoms with Crippen molar-refractivity contribution in [2.45, 2.75) is 45.1 Å². The first-order valence-corrected chi connectivity index (χ1v) is 10.9. The molecule has 6 heteroatoms. The number of hydrogen-bond donors (Lipinski definition) is 0. The molecule has 2 saturated heterocycles. The highest BCUT2D eigenvalue weighted by atomic mass is 16.2. The Morgan fingerprint density at radius 1 is 1.07 bits per heavy atom. The molecule has 3 fully saturated rings. The average molecular weight is 385 g/mol. The van der Waals surface area contributed by atoms with Crippen molar-refractivity contribution in [2.24, 2.45) is 11.8 Å². The number of carbonyl (C=O) groups excluding carboxylic acids is 2. The molecule has 3 aliphatic rings. The van der Waals surface area contributed by atoms with E-state index in [-0.39, 0.29) is 17.7 Å². The molecule has 0 aromatic carbocycles. The molecule has 0 unspecified atom stereocenters. The number of amides is 2. The third-order valence-electron chi connectivity index (χ3n) is 6.60. The molecule has 1 aliphatic carbocycles. The summed E-state index contributed by atoms with van der Waals surface area (Å²) < 4.78 is 0. The summed E-state index contributed by atoms with van der Waals surface area (Å²) in [5, 5.41) is 0. The van der Waals surface area contributed by atoms with Gasteiger partial charge in [-0.05, 0) is 37.3 Å². The molecule has 3 heterocycles. The number of hydrogen-bond acceptors (Lipinski definition) is 4. The molecule has 28 heavy (non-hydrogen) atoms. The number of rotatable bonds is 5. The monoisotopic (exact) mass is 384 g/mol. The Hall–Kier alpha value is -1.95. The van der Waals surface area contributed by atoms with Crippen molar-refractivity contribution in [3.63, 3.8) is 0 Å². The molecule has 2 aliphatic heterocycles. The van der Waals surface area contributed by atoms with Gasteiger partial charge in [0, 0.05) is 51.9 Å². The standard InChI is InChI=1S/C22H32N4O2/c27-21-9-8-19(16-26(21)17-20-7-3-4-10-23-20)22(28)25-13-11-24(12-14-25)15-18-5-1-2-6-18/h3-4,7,10,18-19H,1-2,5-6,8-9,11-17H2/t19-/m1/s1. The van der Waals surface area contributed by atoms with Crippen LogP contribution in [0.4, 0.5) is 0 Å². The minimum atomic E-state index is -0.0669. The minimum absolute atomic E-state index is 0.0669. The van der Waals surface area contributed by atoms with Crippen molar-refractivity contribution in [1.29, 1.82) is 0 Å². The van der Waals surface area contributed by atoms with E-state index >= 15 is 0 Å². The molecule has 1 aromatic rings. The van der Waals surface area contributed by atoms with Crippen LogP contribution >= 0.6 is 0 Å². The molecular formula is C22H32N4O2. The van der Waals surface area contributed by atoms with Crippen LogP contribution in [0.15, 0.2) is 24.4 Å². The fraction of sp³-hybridized carbons (Fsp3) is 0.682. The van der Waals surface area contributed by atoms with Gasteiger partial charge in [-0.25, -0.2) is 0 Å².